The smallest absolute Gasteiger partial charge is 0.315 e. The van der Waals surface area contributed by atoms with E-state index in [4.69, 9.17) is 5.73 Å². The third-order valence-corrected chi connectivity index (χ3v) is 4.90. The third kappa shape index (κ3) is 6.67. The standard InChI is InChI=1S/C20H32N4O2/c1-14(2)15-8-10-16(11-9-15)18(21)12-22-19(25)13-23-20(26)24-17-6-4-3-5-7-17/h8-11,14,17-18H,3-7,12-13,21H2,1-2H3,(H,22,25)(H2,23,24,26). The summed E-state index contributed by atoms with van der Waals surface area (Å²) in [5.41, 5.74) is 8.38. The summed E-state index contributed by atoms with van der Waals surface area (Å²) in [5.74, 6) is 0.240. The highest BCUT2D eigenvalue weighted by Crippen LogP contribution is 2.18. The zero-order valence-corrected chi connectivity index (χ0v) is 15.9. The van der Waals surface area contributed by atoms with Gasteiger partial charge >= 0.3 is 6.03 Å². The van der Waals surface area contributed by atoms with E-state index in [1.54, 1.807) is 0 Å². The first-order chi connectivity index (χ1) is 12.5. The average molecular weight is 361 g/mol. The molecule has 3 amide bonds. The summed E-state index contributed by atoms with van der Waals surface area (Å²) in [4.78, 5) is 23.7. The van der Waals surface area contributed by atoms with Crippen molar-refractivity contribution in [3.05, 3.63) is 35.4 Å². The van der Waals surface area contributed by atoms with Gasteiger partial charge in [0.25, 0.3) is 0 Å². The molecule has 1 saturated carbocycles. The Morgan fingerprint density at radius 2 is 1.65 bits per heavy atom. The van der Waals surface area contributed by atoms with Crippen LogP contribution in [-0.4, -0.2) is 31.1 Å². The second kappa shape index (κ2) is 10.2. The molecule has 0 radical (unpaired) electrons. The number of hydrogen-bond donors (Lipinski definition) is 4. The Kier molecular flexibility index (Phi) is 7.91. The maximum atomic E-state index is 11.9. The fourth-order valence-corrected chi connectivity index (χ4v) is 3.18. The first-order valence-corrected chi connectivity index (χ1v) is 9.62. The second-order valence-electron chi connectivity index (χ2n) is 7.39. The minimum absolute atomic E-state index is 0.0441. The van der Waals surface area contributed by atoms with Crippen LogP contribution in [0.1, 0.15) is 69.0 Å². The first kappa shape index (κ1) is 20.2. The van der Waals surface area contributed by atoms with Crippen molar-refractivity contribution >= 4 is 11.9 Å². The fourth-order valence-electron chi connectivity index (χ4n) is 3.18. The van der Waals surface area contributed by atoms with Crippen LogP contribution in [0.15, 0.2) is 24.3 Å². The molecule has 144 valence electrons. The Morgan fingerprint density at radius 3 is 2.27 bits per heavy atom. The molecule has 6 nitrogen and oxygen atoms in total. The average Bonchev–Trinajstić information content (AvgIpc) is 2.65. The van der Waals surface area contributed by atoms with Crippen LogP contribution in [-0.2, 0) is 4.79 Å². The largest absolute Gasteiger partial charge is 0.353 e. The first-order valence-electron chi connectivity index (χ1n) is 9.62. The Morgan fingerprint density at radius 1 is 1.04 bits per heavy atom. The molecule has 6 heteroatoms. The molecular formula is C20H32N4O2. The molecule has 26 heavy (non-hydrogen) atoms. The number of nitrogens with one attached hydrogen (secondary N) is 3. The monoisotopic (exact) mass is 360 g/mol. The van der Waals surface area contributed by atoms with Gasteiger partial charge in [0.2, 0.25) is 5.91 Å². The van der Waals surface area contributed by atoms with Crippen LogP contribution < -0.4 is 21.7 Å². The Hall–Kier alpha value is -2.08. The van der Waals surface area contributed by atoms with E-state index < -0.39 is 0 Å². The van der Waals surface area contributed by atoms with Crippen molar-refractivity contribution in [3.63, 3.8) is 0 Å². The van der Waals surface area contributed by atoms with E-state index in [9.17, 15) is 9.59 Å². The maximum Gasteiger partial charge on any atom is 0.315 e. The summed E-state index contributed by atoms with van der Waals surface area (Å²) >= 11 is 0. The SMILES string of the molecule is CC(C)c1ccc(C(N)CNC(=O)CNC(=O)NC2CCCCC2)cc1. The van der Waals surface area contributed by atoms with Crippen molar-refractivity contribution < 1.29 is 9.59 Å². The number of carbonyl (C=O) groups is 2. The van der Waals surface area contributed by atoms with E-state index in [1.165, 1.54) is 12.0 Å². The minimum atomic E-state index is -0.277. The van der Waals surface area contributed by atoms with Crippen molar-refractivity contribution in [1.82, 2.24) is 16.0 Å². The van der Waals surface area contributed by atoms with Crippen LogP contribution in [0.2, 0.25) is 0 Å². The van der Waals surface area contributed by atoms with Crippen LogP contribution in [0, 0.1) is 0 Å². The highest BCUT2D eigenvalue weighted by atomic mass is 16.2. The predicted molar refractivity (Wildman–Crippen MR) is 104 cm³/mol. The lowest BCUT2D eigenvalue weighted by Gasteiger charge is -2.22. The normalized spacial score (nSPS) is 16.2. The van der Waals surface area contributed by atoms with Gasteiger partial charge in [0, 0.05) is 18.6 Å². The van der Waals surface area contributed by atoms with Gasteiger partial charge < -0.3 is 21.7 Å². The lowest BCUT2D eigenvalue weighted by Crippen LogP contribution is -2.46. The minimum Gasteiger partial charge on any atom is -0.353 e. The van der Waals surface area contributed by atoms with Gasteiger partial charge in [-0.25, -0.2) is 4.79 Å². The van der Waals surface area contributed by atoms with Crippen LogP contribution in [0.25, 0.3) is 0 Å². The molecule has 1 aromatic carbocycles. The molecule has 1 aliphatic carbocycles. The molecule has 0 saturated heterocycles. The van der Waals surface area contributed by atoms with Gasteiger partial charge in [0.15, 0.2) is 0 Å². The van der Waals surface area contributed by atoms with E-state index in [2.05, 4.69) is 41.9 Å². The van der Waals surface area contributed by atoms with Crippen molar-refractivity contribution in [2.24, 2.45) is 5.73 Å². The van der Waals surface area contributed by atoms with E-state index in [0.29, 0.717) is 12.5 Å². The van der Waals surface area contributed by atoms with Crippen molar-refractivity contribution in [2.45, 2.75) is 64.0 Å². The third-order valence-electron chi connectivity index (χ3n) is 4.90. The quantitative estimate of drug-likeness (QED) is 0.602. The molecular weight excluding hydrogens is 328 g/mol. The highest BCUT2D eigenvalue weighted by molar-refractivity contribution is 5.84. The number of rotatable bonds is 7. The van der Waals surface area contributed by atoms with Gasteiger partial charge in [-0.3, -0.25) is 4.79 Å². The van der Waals surface area contributed by atoms with Gasteiger partial charge in [-0.15, -0.1) is 0 Å². The summed E-state index contributed by atoms with van der Waals surface area (Å²) in [5, 5.41) is 8.31. The van der Waals surface area contributed by atoms with Gasteiger partial charge in [0.1, 0.15) is 0 Å². The number of hydrogen-bond acceptors (Lipinski definition) is 3. The summed E-state index contributed by atoms with van der Waals surface area (Å²) in [6.45, 7) is 4.59. The van der Waals surface area contributed by atoms with Gasteiger partial charge in [-0.05, 0) is 29.9 Å². The number of amides is 3. The molecule has 0 aromatic heterocycles. The molecule has 1 unspecified atom stereocenters. The Bertz CT molecular complexity index is 580. The molecule has 1 aliphatic rings. The lowest BCUT2D eigenvalue weighted by molar-refractivity contribution is -0.120. The molecule has 1 aromatic rings. The highest BCUT2D eigenvalue weighted by Gasteiger charge is 2.16. The summed E-state index contributed by atoms with van der Waals surface area (Å²) in [6, 6.07) is 7.83. The Labute approximate surface area is 156 Å². The van der Waals surface area contributed by atoms with Crippen molar-refractivity contribution in [1.29, 1.82) is 0 Å². The van der Waals surface area contributed by atoms with E-state index in [0.717, 1.165) is 31.2 Å². The van der Waals surface area contributed by atoms with Crippen LogP contribution in [0.3, 0.4) is 0 Å². The molecule has 0 bridgehead atoms. The Balaban J connectivity index is 1.66. The molecule has 0 aliphatic heterocycles. The molecule has 0 spiro atoms. The lowest BCUT2D eigenvalue weighted by atomic mass is 9.96. The van der Waals surface area contributed by atoms with E-state index in [1.807, 2.05) is 12.1 Å². The van der Waals surface area contributed by atoms with Crippen molar-refractivity contribution in [2.75, 3.05) is 13.1 Å². The fraction of sp³-hybridized carbons (Fsp3) is 0.600. The van der Waals surface area contributed by atoms with Crippen LogP contribution in [0.5, 0.6) is 0 Å². The molecule has 5 N–H and O–H groups in total. The van der Waals surface area contributed by atoms with Crippen LogP contribution in [0.4, 0.5) is 4.79 Å². The predicted octanol–water partition coefficient (Wildman–Crippen LogP) is 2.56. The number of nitrogens with two attached hydrogens (primary N) is 1. The zero-order chi connectivity index (χ0) is 18.9. The maximum absolute atomic E-state index is 11.9. The summed E-state index contributed by atoms with van der Waals surface area (Å²) in [6.07, 6.45) is 5.58. The zero-order valence-electron chi connectivity index (χ0n) is 15.9. The molecule has 0 heterocycles. The summed E-state index contributed by atoms with van der Waals surface area (Å²) < 4.78 is 0. The van der Waals surface area contributed by atoms with E-state index in [-0.39, 0.29) is 30.6 Å². The molecule has 1 atom stereocenters. The van der Waals surface area contributed by atoms with Crippen LogP contribution >= 0.6 is 0 Å². The second-order valence-corrected chi connectivity index (χ2v) is 7.39. The van der Waals surface area contributed by atoms with Crippen molar-refractivity contribution in [3.8, 4) is 0 Å². The van der Waals surface area contributed by atoms with Gasteiger partial charge in [0.05, 0.1) is 6.54 Å². The topological polar surface area (TPSA) is 96.2 Å². The van der Waals surface area contributed by atoms with E-state index >= 15 is 0 Å². The summed E-state index contributed by atoms with van der Waals surface area (Å²) in [7, 11) is 0. The van der Waals surface area contributed by atoms with Gasteiger partial charge in [-0.2, -0.15) is 0 Å². The van der Waals surface area contributed by atoms with Gasteiger partial charge in [-0.1, -0.05) is 57.4 Å². The number of carbonyl (C=O) groups excluding carboxylic acids is 2. The number of benzene rings is 1. The molecule has 2 rings (SSSR count). The molecule has 1 fully saturated rings. The number of urea groups is 1.